The highest BCUT2D eigenvalue weighted by Crippen LogP contribution is 2.32. The summed E-state index contributed by atoms with van der Waals surface area (Å²) in [6, 6.07) is 3.61. The smallest absolute Gasteiger partial charge is 0.458 e. The Morgan fingerprint density at radius 1 is 0.825 bits per heavy atom. The van der Waals surface area contributed by atoms with Gasteiger partial charge in [-0.25, -0.2) is 4.79 Å². The van der Waals surface area contributed by atoms with Crippen LogP contribution in [-0.4, -0.2) is 49.4 Å². The van der Waals surface area contributed by atoms with E-state index in [0.29, 0.717) is 5.56 Å². The molecule has 0 spiro atoms. The molecule has 0 aliphatic carbocycles. The van der Waals surface area contributed by atoms with E-state index in [1.807, 2.05) is 55.4 Å². The molecule has 3 atom stereocenters. The summed E-state index contributed by atoms with van der Waals surface area (Å²) < 4.78 is 26.4. The van der Waals surface area contributed by atoms with E-state index in [9.17, 15) is 19.2 Å². The second-order valence-electron chi connectivity index (χ2n) is 12.6. The maximum atomic E-state index is 12.6. The molecule has 0 amide bonds. The van der Waals surface area contributed by atoms with Crippen molar-refractivity contribution in [3.05, 3.63) is 23.8 Å². The lowest BCUT2D eigenvalue weighted by atomic mass is 9.92. The lowest BCUT2D eigenvalue weighted by Gasteiger charge is -2.20. The van der Waals surface area contributed by atoms with Crippen molar-refractivity contribution in [2.24, 2.45) is 22.5 Å². The third-order valence-electron chi connectivity index (χ3n) is 5.50. The van der Waals surface area contributed by atoms with Crippen molar-refractivity contribution >= 4 is 24.1 Å². The molecule has 0 aromatic heterocycles. The highest BCUT2D eigenvalue weighted by atomic mass is 16.7. The Kier molecular flexibility index (Phi) is 13.6. The second-order valence-corrected chi connectivity index (χ2v) is 12.6. The number of esters is 3. The summed E-state index contributed by atoms with van der Waals surface area (Å²) >= 11 is 0. The van der Waals surface area contributed by atoms with Crippen LogP contribution in [0, 0.1) is 16.7 Å². The molecule has 10 heteroatoms. The zero-order chi connectivity index (χ0) is 30.7. The molecule has 226 valence electrons. The number of nitrogens with two attached hydrogens (primary N) is 1. The van der Waals surface area contributed by atoms with Crippen LogP contribution in [0.3, 0.4) is 0 Å². The number of benzene rings is 1. The SMILES string of the molecule is CCC(C)COC(=O)OC[C@H](C)OC(=O)[C@@H](N)Cc1ccc(OC(=O)CC(C)(C)C)c(OC(=O)CC(C)(C)C)c1. The van der Waals surface area contributed by atoms with Gasteiger partial charge in [-0.1, -0.05) is 67.9 Å². The summed E-state index contributed by atoms with van der Waals surface area (Å²) in [4.78, 5) is 49.2. The summed E-state index contributed by atoms with van der Waals surface area (Å²) in [6.07, 6.45) is -0.339. The molecule has 10 nitrogen and oxygen atoms in total. The molecule has 0 radical (unpaired) electrons. The van der Waals surface area contributed by atoms with Crippen LogP contribution in [-0.2, 0) is 35.0 Å². The van der Waals surface area contributed by atoms with E-state index < -0.39 is 36.2 Å². The summed E-state index contributed by atoms with van der Waals surface area (Å²) in [6.45, 7) is 17.0. The molecule has 0 aliphatic heterocycles. The minimum absolute atomic E-state index is 0.0589. The molecule has 1 aromatic rings. The topological polar surface area (TPSA) is 140 Å². The first-order valence-electron chi connectivity index (χ1n) is 13.7. The molecule has 1 unspecified atom stereocenters. The number of hydrogen-bond donors (Lipinski definition) is 1. The number of carbonyl (C=O) groups is 4. The van der Waals surface area contributed by atoms with Crippen molar-refractivity contribution < 1.29 is 42.9 Å². The first-order valence-corrected chi connectivity index (χ1v) is 13.7. The minimum atomic E-state index is -1.05. The fourth-order valence-corrected chi connectivity index (χ4v) is 3.24. The summed E-state index contributed by atoms with van der Waals surface area (Å²) in [5.41, 5.74) is 6.04. The Morgan fingerprint density at radius 2 is 1.35 bits per heavy atom. The van der Waals surface area contributed by atoms with Gasteiger partial charge in [0.25, 0.3) is 0 Å². The highest BCUT2D eigenvalue weighted by Gasteiger charge is 2.24. The van der Waals surface area contributed by atoms with E-state index in [2.05, 4.69) is 0 Å². The van der Waals surface area contributed by atoms with Gasteiger partial charge in [-0.05, 0) is 47.8 Å². The average Bonchev–Trinajstić information content (AvgIpc) is 2.80. The van der Waals surface area contributed by atoms with Crippen molar-refractivity contribution in [3.8, 4) is 11.5 Å². The van der Waals surface area contributed by atoms with Crippen LogP contribution in [0.2, 0.25) is 0 Å². The molecule has 0 saturated heterocycles. The molecule has 2 N–H and O–H groups in total. The van der Waals surface area contributed by atoms with Gasteiger partial charge in [-0.15, -0.1) is 0 Å². The number of rotatable bonds is 13. The number of carbonyl (C=O) groups excluding carboxylic acids is 4. The Balaban J connectivity index is 2.86. The van der Waals surface area contributed by atoms with Gasteiger partial charge < -0.3 is 29.4 Å². The summed E-state index contributed by atoms with van der Waals surface area (Å²) in [5.74, 6) is -1.27. The molecule has 1 aromatic carbocycles. The van der Waals surface area contributed by atoms with Crippen molar-refractivity contribution in [3.63, 3.8) is 0 Å². The quantitative estimate of drug-likeness (QED) is 0.245. The first kappa shape index (κ1) is 34.9. The Morgan fingerprint density at radius 3 is 1.88 bits per heavy atom. The number of hydrogen-bond acceptors (Lipinski definition) is 10. The largest absolute Gasteiger partial charge is 0.508 e. The van der Waals surface area contributed by atoms with E-state index in [0.717, 1.165) is 6.42 Å². The van der Waals surface area contributed by atoms with E-state index in [1.165, 1.54) is 12.1 Å². The zero-order valence-electron chi connectivity index (χ0n) is 25.5. The molecule has 0 saturated carbocycles. The Labute approximate surface area is 238 Å². The van der Waals surface area contributed by atoms with E-state index in [-0.39, 0.29) is 60.7 Å². The monoisotopic (exact) mass is 565 g/mol. The number of ether oxygens (including phenoxy) is 5. The van der Waals surface area contributed by atoms with E-state index in [4.69, 9.17) is 29.4 Å². The predicted octanol–water partition coefficient (Wildman–Crippen LogP) is 5.37. The fourth-order valence-electron chi connectivity index (χ4n) is 3.24. The maximum Gasteiger partial charge on any atom is 0.508 e. The Hall–Kier alpha value is -3.14. The van der Waals surface area contributed by atoms with Gasteiger partial charge in [-0.2, -0.15) is 0 Å². The van der Waals surface area contributed by atoms with Crippen molar-refractivity contribution in [2.75, 3.05) is 13.2 Å². The molecule has 0 bridgehead atoms. The minimum Gasteiger partial charge on any atom is -0.458 e. The van der Waals surface area contributed by atoms with Crippen LogP contribution in [0.1, 0.15) is 87.1 Å². The van der Waals surface area contributed by atoms with Crippen molar-refractivity contribution in [1.82, 2.24) is 0 Å². The van der Waals surface area contributed by atoms with E-state index >= 15 is 0 Å². The van der Waals surface area contributed by atoms with Crippen LogP contribution in [0.25, 0.3) is 0 Å². The standard InChI is InChI=1S/C30H47NO9/c1-10-19(2)17-36-28(35)37-18-20(3)38-27(34)22(31)13-21-11-12-23(39-25(32)15-29(4,5)6)24(14-21)40-26(33)16-30(7,8)9/h11-12,14,19-20,22H,10,13,15-18,31H2,1-9H3/t19?,20-,22-/m0/s1. The van der Waals surface area contributed by atoms with Crippen LogP contribution in [0.4, 0.5) is 4.79 Å². The molecule has 40 heavy (non-hydrogen) atoms. The first-order chi connectivity index (χ1) is 18.4. The van der Waals surface area contributed by atoms with Gasteiger partial charge in [0.05, 0.1) is 19.4 Å². The molecule has 0 aliphatic rings. The maximum absolute atomic E-state index is 12.6. The van der Waals surface area contributed by atoms with Crippen molar-refractivity contribution in [2.45, 2.75) is 100 Å². The van der Waals surface area contributed by atoms with Crippen molar-refractivity contribution in [1.29, 1.82) is 0 Å². The summed E-state index contributed by atoms with van der Waals surface area (Å²) in [7, 11) is 0. The van der Waals surface area contributed by atoms with Gasteiger partial charge >= 0.3 is 24.1 Å². The van der Waals surface area contributed by atoms with Gasteiger partial charge in [-0.3, -0.25) is 14.4 Å². The molecule has 1 rings (SSSR count). The van der Waals surface area contributed by atoms with Gasteiger partial charge in [0.15, 0.2) is 11.5 Å². The normalized spacial score (nSPS) is 13.9. The zero-order valence-corrected chi connectivity index (χ0v) is 25.5. The molecular weight excluding hydrogens is 518 g/mol. The highest BCUT2D eigenvalue weighted by molar-refractivity contribution is 5.78. The molecule has 0 fully saturated rings. The summed E-state index contributed by atoms with van der Waals surface area (Å²) in [5, 5.41) is 0. The molecule has 0 heterocycles. The van der Waals surface area contributed by atoms with Crippen LogP contribution in [0.15, 0.2) is 18.2 Å². The lowest BCUT2D eigenvalue weighted by Crippen LogP contribution is -2.37. The van der Waals surface area contributed by atoms with Crippen LogP contribution in [0.5, 0.6) is 11.5 Å². The average molecular weight is 566 g/mol. The predicted molar refractivity (Wildman–Crippen MR) is 150 cm³/mol. The van der Waals surface area contributed by atoms with Gasteiger partial charge in [0.1, 0.15) is 18.8 Å². The van der Waals surface area contributed by atoms with E-state index in [1.54, 1.807) is 13.0 Å². The molecular formula is C30H47NO9. The van der Waals surface area contributed by atoms with Crippen LogP contribution < -0.4 is 15.2 Å². The third-order valence-corrected chi connectivity index (χ3v) is 5.50. The second kappa shape index (κ2) is 15.6. The fraction of sp³-hybridized carbons (Fsp3) is 0.667. The van der Waals surface area contributed by atoms with Crippen LogP contribution >= 0.6 is 0 Å². The third kappa shape index (κ3) is 14.9. The van der Waals surface area contributed by atoms with Gasteiger partial charge in [0, 0.05) is 0 Å². The Bertz CT molecular complexity index is 1010. The lowest BCUT2D eigenvalue weighted by molar-refractivity contribution is -0.152. The van der Waals surface area contributed by atoms with Gasteiger partial charge in [0.2, 0.25) is 0 Å².